The summed E-state index contributed by atoms with van der Waals surface area (Å²) in [6.45, 7) is 3.80. The van der Waals surface area contributed by atoms with Gasteiger partial charge in [-0.25, -0.2) is 0 Å². The molecule has 2 N–H and O–H groups in total. The van der Waals surface area contributed by atoms with Crippen LogP contribution in [-0.2, 0) is 9.53 Å². The third-order valence-electron chi connectivity index (χ3n) is 1.19. The zero-order valence-corrected chi connectivity index (χ0v) is 7.49. The molecule has 0 aromatic carbocycles. The summed E-state index contributed by atoms with van der Waals surface area (Å²) in [6.07, 6.45) is -1.13. The number of carbonyl (C=O) groups excluding carboxylic acids is 1. The average Bonchev–Trinajstić information content (AvgIpc) is 2.00. The minimum absolute atomic E-state index is 0.136. The quantitative estimate of drug-likeness (QED) is 0.575. The summed E-state index contributed by atoms with van der Waals surface area (Å²) in [6, 6.07) is 0. The van der Waals surface area contributed by atoms with Crippen LogP contribution in [0.15, 0.2) is 0 Å². The van der Waals surface area contributed by atoms with Gasteiger partial charge >= 0.3 is 5.97 Å². The Kier molecular flexibility index (Phi) is 5.66. The number of ether oxygens (including phenoxy) is 1. The predicted octanol–water partition coefficient (Wildman–Crippen LogP) is -0.0711. The summed E-state index contributed by atoms with van der Waals surface area (Å²) >= 11 is 0. The molecule has 12 heavy (non-hydrogen) atoms. The summed E-state index contributed by atoms with van der Waals surface area (Å²) in [5.41, 5.74) is 0. The van der Waals surface area contributed by atoms with Gasteiger partial charge in [-0.1, -0.05) is 13.8 Å². The molecule has 0 fully saturated rings. The van der Waals surface area contributed by atoms with E-state index >= 15 is 0 Å². The molecule has 0 aliphatic heterocycles. The zero-order valence-electron chi connectivity index (χ0n) is 7.49. The molecule has 0 bridgehead atoms. The Balaban J connectivity index is 3.46. The number of hydrogen-bond donors (Lipinski definition) is 2. The Labute approximate surface area is 72.2 Å². The molecule has 4 heteroatoms. The molecule has 0 radical (unpaired) electrons. The molecule has 4 nitrogen and oxygen atoms in total. The molecule has 0 spiro atoms. The Hall–Kier alpha value is -0.610. The van der Waals surface area contributed by atoms with Crippen molar-refractivity contribution in [3.05, 3.63) is 0 Å². The first kappa shape index (κ1) is 11.4. The topological polar surface area (TPSA) is 66.8 Å². The highest BCUT2D eigenvalue weighted by atomic mass is 16.5. The van der Waals surface area contributed by atoms with Crippen LogP contribution < -0.4 is 0 Å². The SMILES string of the molecule is CC(C)COC(=O)CC(O)CO. The van der Waals surface area contributed by atoms with E-state index in [2.05, 4.69) is 0 Å². The molecule has 72 valence electrons. The van der Waals surface area contributed by atoms with Crippen molar-refractivity contribution in [2.24, 2.45) is 5.92 Å². The van der Waals surface area contributed by atoms with Crippen molar-refractivity contribution in [3.8, 4) is 0 Å². The van der Waals surface area contributed by atoms with Crippen LogP contribution in [0.3, 0.4) is 0 Å². The average molecular weight is 176 g/mol. The molecule has 0 amide bonds. The maximum atomic E-state index is 10.8. The fourth-order valence-electron chi connectivity index (χ4n) is 0.575. The molecule has 1 unspecified atom stereocenters. The van der Waals surface area contributed by atoms with Gasteiger partial charge in [0.1, 0.15) is 0 Å². The Morgan fingerprint density at radius 1 is 1.50 bits per heavy atom. The van der Waals surface area contributed by atoms with Crippen LogP contribution in [0.5, 0.6) is 0 Å². The molecule has 1 atom stereocenters. The Morgan fingerprint density at radius 3 is 2.50 bits per heavy atom. The number of rotatable bonds is 5. The van der Waals surface area contributed by atoms with Crippen LogP contribution >= 0.6 is 0 Å². The maximum Gasteiger partial charge on any atom is 0.308 e. The van der Waals surface area contributed by atoms with Gasteiger partial charge in [-0.05, 0) is 5.92 Å². The molecular weight excluding hydrogens is 160 g/mol. The molecule has 0 aromatic rings. The van der Waals surface area contributed by atoms with Crippen molar-refractivity contribution in [1.82, 2.24) is 0 Å². The number of aliphatic hydroxyl groups is 2. The normalized spacial score (nSPS) is 13.1. The molecular formula is C8H16O4. The molecule has 0 aromatic heterocycles. The maximum absolute atomic E-state index is 10.8. The molecule has 0 aliphatic rings. The summed E-state index contributed by atoms with van der Waals surface area (Å²) < 4.78 is 4.77. The van der Waals surface area contributed by atoms with Crippen LogP contribution in [0.1, 0.15) is 20.3 Å². The highest BCUT2D eigenvalue weighted by Gasteiger charge is 2.10. The summed E-state index contributed by atoms with van der Waals surface area (Å²) in [7, 11) is 0. The lowest BCUT2D eigenvalue weighted by atomic mass is 10.2. The van der Waals surface area contributed by atoms with Crippen LogP contribution in [0.25, 0.3) is 0 Å². The van der Waals surface area contributed by atoms with Gasteiger partial charge in [0.15, 0.2) is 0 Å². The third-order valence-corrected chi connectivity index (χ3v) is 1.19. The zero-order chi connectivity index (χ0) is 9.56. The number of carbonyl (C=O) groups is 1. The Morgan fingerprint density at radius 2 is 2.08 bits per heavy atom. The van der Waals surface area contributed by atoms with Crippen LogP contribution in [0.2, 0.25) is 0 Å². The first-order valence-corrected chi connectivity index (χ1v) is 4.00. The highest BCUT2D eigenvalue weighted by Crippen LogP contribution is 1.97. The predicted molar refractivity (Wildman–Crippen MR) is 43.5 cm³/mol. The van der Waals surface area contributed by atoms with Gasteiger partial charge in [-0.3, -0.25) is 4.79 Å². The lowest BCUT2D eigenvalue weighted by molar-refractivity contribution is -0.147. The number of esters is 1. The van der Waals surface area contributed by atoms with Crippen LogP contribution in [0, 0.1) is 5.92 Å². The largest absolute Gasteiger partial charge is 0.465 e. The van der Waals surface area contributed by atoms with Crippen molar-refractivity contribution >= 4 is 5.97 Å². The van der Waals surface area contributed by atoms with Gasteiger partial charge in [-0.15, -0.1) is 0 Å². The first-order chi connectivity index (χ1) is 5.56. The monoisotopic (exact) mass is 176 g/mol. The van der Waals surface area contributed by atoms with E-state index in [0.29, 0.717) is 12.5 Å². The second-order valence-corrected chi connectivity index (χ2v) is 3.12. The Bertz CT molecular complexity index is 133. The standard InChI is InChI=1S/C8H16O4/c1-6(2)5-12-8(11)3-7(10)4-9/h6-7,9-10H,3-5H2,1-2H3. The van der Waals surface area contributed by atoms with Crippen molar-refractivity contribution in [2.45, 2.75) is 26.4 Å². The third kappa shape index (κ3) is 6.12. The van der Waals surface area contributed by atoms with E-state index in [1.807, 2.05) is 13.8 Å². The molecule has 0 saturated heterocycles. The molecule has 0 heterocycles. The summed E-state index contributed by atoms with van der Waals surface area (Å²) in [5, 5.41) is 17.2. The fourth-order valence-corrected chi connectivity index (χ4v) is 0.575. The van der Waals surface area contributed by atoms with Gasteiger partial charge < -0.3 is 14.9 Å². The van der Waals surface area contributed by atoms with Crippen molar-refractivity contribution in [2.75, 3.05) is 13.2 Å². The van der Waals surface area contributed by atoms with E-state index in [4.69, 9.17) is 14.9 Å². The minimum atomic E-state index is -0.996. The van der Waals surface area contributed by atoms with Crippen molar-refractivity contribution in [1.29, 1.82) is 0 Å². The number of aliphatic hydroxyl groups excluding tert-OH is 2. The van der Waals surface area contributed by atoms with E-state index in [1.54, 1.807) is 0 Å². The molecule has 0 saturated carbocycles. The lowest BCUT2D eigenvalue weighted by Gasteiger charge is -2.08. The van der Waals surface area contributed by atoms with E-state index < -0.39 is 18.7 Å². The van der Waals surface area contributed by atoms with Crippen LogP contribution in [0.4, 0.5) is 0 Å². The second kappa shape index (κ2) is 5.97. The smallest absolute Gasteiger partial charge is 0.308 e. The van der Waals surface area contributed by atoms with E-state index in [1.165, 1.54) is 0 Å². The van der Waals surface area contributed by atoms with Gasteiger partial charge in [0.25, 0.3) is 0 Å². The summed E-state index contributed by atoms with van der Waals surface area (Å²) in [4.78, 5) is 10.8. The molecule has 0 rings (SSSR count). The van der Waals surface area contributed by atoms with Gasteiger partial charge in [0, 0.05) is 0 Å². The van der Waals surface area contributed by atoms with Gasteiger partial charge in [-0.2, -0.15) is 0 Å². The van der Waals surface area contributed by atoms with Crippen LogP contribution in [-0.4, -0.2) is 35.5 Å². The second-order valence-electron chi connectivity index (χ2n) is 3.12. The van der Waals surface area contributed by atoms with Gasteiger partial charge in [0.05, 0.1) is 25.7 Å². The van der Waals surface area contributed by atoms with Crippen molar-refractivity contribution in [3.63, 3.8) is 0 Å². The van der Waals surface area contributed by atoms with Crippen molar-refractivity contribution < 1.29 is 19.7 Å². The summed E-state index contributed by atoms with van der Waals surface area (Å²) in [5.74, 6) is -0.175. The highest BCUT2D eigenvalue weighted by molar-refractivity contribution is 5.69. The fraction of sp³-hybridized carbons (Fsp3) is 0.875. The molecule has 0 aliphatic carbocycles. The lowest BCUT2D eigenvalue weighted by Crippen LogP contribution is -2.20. The minimum Gasteiger partial charge on any atom is -0.465 e. The first-order valence-electron chi connectivity index (χ1n) is 4.00. The van der Waals surface area contributed by atoms with E-state index in [9.17, 15) is 4.79 Å². The van der Waals surface area contributed by atoms with Gasteiger partial charge in [0.2, 0.25) is 0 Å². The van der Waals surface area contributed by atoms with E-state index in [0.717, 1.165) is 0 Å². The number of hydrogen-bond acceptors (Lipinski definition) is 4. The van der Waals surface area contributed by atoms with E-state index in [-0.39, 0.29) is 6.42 Å².